The second-order valence-corrected chi connectivity index (χ2v) is 12.8. The minimum Gasteiger partial charge on any atom is -0.368 e. The lowest BCUT2D eigenvalue weighted by atomic mass is 9.82. The monoisotopic (exact) mass is 573 g/mol. The van der Waals surface area contributed by atoms with Crippen molar-refractivity contribution in [2.75, 3.05) is 11.9 Å². The van der Waals surface area contributed by atoms with Gasteiger partial charge in [0.2, 0.25) is 0 Å². The van der Waals surface area contributed by atoms with Gasteiger partial charge in [0.05, 0.1) is 0 Å². The lowest BCUT2D eigenvalue weighted by Gasteiger charge is -2.28. The van der Waals surface area contributed by atoms with Crippen LogP contribution in [-0.4, -0.2) is 13.1 Å². The molecule has 3 aromatic rings. The molecule has 0 aromatic heterocycles. The summed E-state index contributed by atoms with van der Waals surface area (Å²) in [6.45, 7) is 4.41. The summed E-state index contributed by atoms with van der Waals surface area (Å²) in [6.07, 6.45) is 33.5. The van der Waals surface area contributed by atoms with Crippen molar-refractivity contribution in [2.24, 2.45) is 0 Å². The van der Waals surface area contributed by atoms with Crippen LogP contribution < -0.4 is 15.3 Å². The summed E-state index contributed by atoms with van der Waals surface area (Å²) in [4.78, 5) is 2.45. The molecule has 0 N–H and O–H groups in total. The van der Waals surface area contributed by atoms with Crippen LogP contribution in [0.25, 0.3) is 40.5 Å². The van der Waals surface area contributed by atoms with E-state index in [0.717, 1.165) is 44.9 Å². The minimum atomic E-state index is 0.365. The number of aryl methyl sites for hydroxylation is 1. The van der Waals surface area contributed by atoms with Crippen molar-refractivity contribution < 1.29 is 0 Å². The van der Waals surface area contributed by atoms with Gasteiger partial charge in [-0.3, -0.25) is 0 Å². The molecule has 220 valence electrons. The van der Waals surface area contributed by atoms with Crippen molar-refractivity contribution in [3.8, 4) is 22.3 Å². The van der Waals surface area contributed by atoms with Crippen LogP contribution in [0.1, 0.15) is 62.1 Å². The number of anilines is 1. The van der Waals surface area contributed by atoms with E-state index in [1.165, 1.54) is 71.8 Å². The second-order valence-electron chi connectivity index (χ2n) is 12.8. The van der Waals surface area contributed by atoms with Crippen LogP contribution in [0.2, 0.25) is 0 Å². The summed E-state index contributed by atoms with van der Waals surface area (Å²) in [5, 5.41) is 2.82. The third-order valence-electron chi connectivity index (χ3n) is 9.88. The van der Waals surface area contributed by atoms with Crippen molar-refractivity contribution >= 4 is 23.9 Å². The number of allylic oxidation sites excluding steroid dienone is 10. The van der Waals surface area contributed by atoms with Crippen LogP contribution in [0, 0.1) is 6.92 Å². The quantitative estimate of drug-likeness (QED) is 0.294. The van der Waals surface area contributed by atoms with E-state index >= 15 is 0 Å². The predicted octanol–water partition coefficient (Wildman–Crippen LogP) is 9.56. The van der Waals surface area contributed by atoms with E-state index in [1.54, 1.807) is 0 Å². The molecule has 0 saturated carbocycles. The standard InChI is InChI=1S/C43H43N/c1-30-10-4-5-11-32(21-18-30)33-12-8-13-36(27-24-33)44(3)37-28-25-35(26-29-37)43-39-15-7-6-14-38(39)42(40-16-9-17-41(40)43)34-22-19-31(2)20-23-34/h5-6,8,11-14,16-23,25-26,28-29,36H,4,7,9-10,15,24,27H2,1-3H3/b11-5?,30-18+,32-21+. The maximum Gasteiger partial charge on any atom is 0.0476 e. The summed E-state index contributed by atoms with van der Waals surface area (Å²) in [6, 6.07) is 18.8. The summed E-state index contributed by atoms with van der Waals surface area (Å²) in [5.41, 5.74) is 15.2. The van der Waals surface area contributed by atoms with Crippen molar-refractivity contribution in [3.63, 3.8) is 0 Å². The molecule has 4 aliphatic rings. The summed E-state index contributed by atoms with van der Waals surface area (Å²) >= 11 is 0. The molecule has 1 atom stereocenters. The van der Waals surface area contributed by atoms with Gasteiger partial charge in [-0.15, -0.1) is 0 Å². The molecule has 0 spiro atoms. The molecule has 3 aromatic carbocycles. The second kappa shape index (κ2) is 12.3. The Morgan fingerprint density at radius 3 is 2.23 bits per heavy atom. The van der Waals surface area contributed by atoms with E-state index in [-0.39, 0.29) is 0 Å². The van der Waals surface area contributed by atoms with Crippen LogP contribution in [0.5, 0.6) is 0 Å². The van der Waals surface area contributed by atoms with Crippen LogP contribution in [0.3, 0.4) is 0 Å². The summed E-state index contributed by atoms with van der Waals surface area (Å²) in [5.74, 6) is 0. The topological polar surface area (TPSA) is 3.24 Å². The van der Waals surface area contributed by atoms with E-state index in [2.05, 4.69) is 141 Å². The van der Waals surface area contributed by atoms with E-state index < -0.39 is 0 Å². The number of hydrogen-bond acceptors (Lipinski definition) is 1. The van der Waals surface area contributed by atoms with Gasteiger partial charge in [0, 0.05) is 18.8 Å². The van der Waals surface area contributed by atoms with E-state index in [0.29, 0.717) is 6.04 Å². The van der Waals surface area contributed by atoms with E-state index in [1.807, 2.05) is 0 Å². The maximum atomic E-state index is 2.45. The van der Waals surface area contributed by atoms with Crippen LogP contribution >= 0.6 is 0 Å². The molecule has 1 heteroatoms. The van der Waals surface area contributed by atoms with Crippen molar-refractivity contribution in [2.45, 2.75) is 64.8 Å². The minimum absolute atomic E-state index is 0.365. The van der Waals surface area contributed by atoms with Gasteiger partial charge in [-0.25, -0.2) is 0 Å². The van der Waals surface area contributed by atoms with Gasteiger partial charge < -0.3 is 4.90 Å². The molecule has 0 heterocycles. The smallest absolute Gasteiger partial charge is 0.0476 e. The number of fused-ring (bicyclic) bond motifs is 2. The Kier molecular flexibility index (Phi) is 7.96. The highest BCUT2D eigenvalue weighted by atomic mass is 15.1. The first kappa shape index (κ1) is 28.4. The number of rotatable bonds is 5. The molecular weight excluding hydrogens is 530 g/mol. The first-order valence-corrected chi connectivity index (χ1v) is 16.4. The fourth-order valence-corrected chi connectivity index (χ4v) is 7.32. The lowest BCUT2D eigenvalue weighted by molar-refractivity contribution is 0.682. The molecule has 7 rings (SSSR count). The van der Waals surface area contributed by atoms with Gasteiger partial charge in [0.1, 0.15) is 0 Å². The van der Waals surface area contributed by atoms with Crippen molar-refractivity contribution in [3.05, 3.63) is 141 Å². The molecule has 4 aliphatic carbocycles. The zero-order valence-corrected chi connectivity index (χ0v) is 26.4. The van der Waals surface area contributed by atoms with Gasteiger partial charge in [0.25, 0.3) is 0 Å². The Balaban J connectivity index is 1.17. The molecule has 0 saturated heterocycles. The maximum absolute atomic E-state index is 2.45. The molecule has 0 fully saturated rings. The molecular formula is C43H43N. The van der Waals surface area contributed by atoms with Crippen LogP contribution in [0.15, 0.2) is 114 Å². The average molecular weight is 574 g/mol. The third-order valence-corrected chi connectivity index (χ3v) is 9.88. The largest absolute Gasteiger partial charge is 0.368 e. The normalized spacial score (nSPS) is 21.2. The van der Waals surface area contributed by atoms with Gasteiger partial charge >= 0.3 is 0 Å². The Bertz CT molecular complexity index is 1890. The van der Waals surface area contributed by atoms with Gasteiger partial charge in [0.15, 0.2) is 0 Å². The van der Waals surface area contributed by atoms with Crippen LogP contribution in [0.4, 0.5) is 5.69 Å². The molecule has 0 radical (unpaired) electrons. The Labute approximate surface area is 263 Å². The molecule has 44 heavy (non-hydrogen) atoms. The molecule has 0 aliphatic heterocycles. The fraction of sp³-hybridized carbons (Fsp3) is 0.256. The Hall–Kier alpha value is -4.36. The zero-order valence-electron chi connectivity index (χ0n) is 26.4. The Morgan fingerprint density at radius 1 is 0.705 bits per heavy atom. The summed E-state index contributed by atoms with van der Waals surface area (Å²) in [7, 11) is 2.25. The molecule has 0 bridgehead atoms. The number of nitrogens with zero attached hydrogens (tertiary/aromatic N) is 1. The van der Waals surface area contributed by atoms with E-state index in [4.69, 9.17) is 0 Å². The van der Waals surface area contributed by atoms with Gasteiger partial charge in [-0.2, -0.15) is 0 Å². The first-order chi connectivity index (χ1) is 21.6. The average Bonchev–Trinajstić information content (AvgIpc) is 3.39. The Morgan fingerprint density at radius 2 is 1.41 bits per heavy atom. The van der Waals surface area contributed by atoms with Gasteiger partial charge in [-0.1, -0.05) is 114 Å². The highest BCUT2D eigenvalue weighted by molar-refractivity contribution is 5.87. The van der Waals surface area contributed by atoms with Crippen LogP contribution in [-0.2, 0) is 6.42 Å². The number of benzene rings is 3. The first-order valence-electron chi connectivity index (χ1n) is 16.4. The van der Waals surface area contributed by atoms with Crippen molar-refractivity contribution in [1.82, 2.24) is 0 Å². The highest BCUT2D eigenvalue weighted by Crippen LogP contribution is 2.35. The molecule has 1 nitrogen and oxygen atoms in total. The van der Waals surface area contributed by atoms with E-state index in [9.17, 15) is 0 Å². The SMILES string of the molecule is C/C1=C\C=C(\C2=CC=CC(N(C)c3ccc(-c4c5c(c(-c6ccc(C)cc6)c6c4=CCC=6)C=CCC5)cc3)CC2)C=CCC1. The third kappa shape index (κ3) is 5.52. The predicted molar refractivity (Wildman–Crippen MR) is 191 cm³/mol. The lowest BCUT2D eigenvalue weighted by Crippen LogP contribution is -2.30. The fourth-order valence-electron chi connectivity index (χ4n) is 7.32. The molecule has 0 amide bonds. The number of hydrogen-bond donors (Lipinski definition) is 0. The summed E-state index contributed by atoms with van der Waals surface area (Å²) < 4.78 is 0. The molecule has 1 unspecified atom stereocenters. The zero-order chi connectivity index (χ0) is 30.0. The van der Waals surface area contributed by atoms with Gasteiger partial charge in [-0.05, 0) is 126 Å². The number of likely N-dealkylation sites (N-methyl/N-ethyl adjacent to an activating group) is 1. The highest BCUT2D eigenvalue weighted by Gasteiger charge is 2.22. The van der Waals surface area contributed by atoms with Crippen molar-refractivity contribution in [1.29, 1.82) is 0 Å².